The molecule has 1 atom stereocenters. The van der Waals surface area contributed by atoms with Crippen LogP contribution in [0.25, 0.3) is 0 Å². The number of carbonyl (C=O) groups is 3. The van der Waals surface area contributed by atoms with Gasteiger partial charge in [0.2, 0.25) is 11.8 Å². The molecule has 1 unspecified atom stereocenters. The first-order valence-corrected chi connectivity index (χ1v) is 10.6. The molecule has 2 rings (SSSR count). The molecular weight excluding hydrogens is 390 g/mol. The number of halogens is 1. The van der Waals surface area contributed by atoms with Crippen molar-refractivity contribution >= 4 is 35.0 Å². The molecule has 7 heteroatoms. The molecule has 29 heavy (non-hydrogen) atoms. The van der Waals surface area contributed by atoms with Gasteiger partial charge in [-0.05, 0) is 36.5 Å². The van der Waals surface area contributed by atoms with Crippen LogP contribution in [0.3, 0.4) is 0 Å². The average Bonchev–Trinajstić information content (AvgIpc) is 3.20. The van der Waals surface area contributed by atoms with E-state index in [0.29, 0.717) is 17.7 Å². The van der Waals surface area contributed by atoms with Gasteiger partial charge in [0, 0.05) is 25.1 Å². The Morgan fingerprint density at radius 3 is 2.34 bits per heavy atom. The molecule has 1 fully saturated rings. The molecule has 1 aromatic carbocycles. The molecule has 0 aromatic heterocycles. The number of anilines is 1. The quantitative estimate of drug-likeness (QED) is 0.721. The van der Waals surface area contributed by atoms with Crippen LogP contribution in [0.15, 0.2) is 18.2 Å². The molecule has 0 bridgehead atoms. The number of benzene rings is 1. The molecule has 0 saturated heterocycles. The Morgan fingerprint density at radius 1 is 1.21 bits per heavy atom. The summed E-state index contributed by atoms with van der Waals surface area (Å²) in [7, 11) is 1.82. The maximum Gasteiger partial charge on any atom is 0.252 e. The maximum absolute atomic E-state index is 13.2. The third kappa shape index (κ3) is 5.95. The van der Waals surface area contributed by atoms with Gasteiger partial charge in [0.15, 0.2) is 0 Å². The molecule has 3 amide bonds. The number of hydrogen-bond acceptors (Lipinski definition) is 3. The minimum Gasteiger partial charge on any atom is -0.341 e. The summed E-state index contributed by atoms with van der Waals surface area (Å²) in [5.41, 5.74) is 0.355. The Morgan fingerprint density at radius 2 is 1.83 bits per heavy atom. The van der Waals surface area contributed by atoms with E-state index in [-0.39, 0.29) is 28.8 Å². The number of nitrogens with zero attached hydrogens (tertiary/aromatic N) is 1. The summed E-state index contributed by atoms with van der Waals surface area (Å²) in [6, 6.07) is 4.28. The summed E-state index contributed by atoms with van der Waals surface area (Å²) < 4.78 is 0. The van der Waals surface area contributed by atoms with Crippen molar-refractivity contribution in [3.8, 4) is 0 Å². The normalized spacial score (nSPS) is 15.7. The number of amides is 3. The van der Waals surface area contributed by atoms with Crippen LogP contribution in [0.1, 0.15) is 70.2 Å². The average molecular weight is 422 g/mol. The second-order valence-corrected chi connectivity index (χ2v) is 9.16. The van der Waals surface area contributed by atoms with E-state index in [0.717, 1.165) is 25.7 Å². The van der Waals surface area contributed by atoms with Crippen molar-refractivity contribution in [2.75, 3.05) is 12.4 Å². The highest BCUT2D eigenvalue weighted by Gasteiger charge is 2.37. The van der Waals surface area contributed by atoms with Crippen LogP contribution in [0, 0.1) is 5.41 Å². The van der Waals surface area contributed by atoms with Crippen LogP contribution in [0.5, 0.6) is 0 Å². The number of nitrogens with one attached hydrogen (secondary N) is 2. The molecule has 6 nitrogen and oxygen atoms in total. The van der Waals surface area contributed by atoms with Crippen molar-refractivity contribution in [2.45, 2.75) is 71.9 Å². The smallest absolute Gasteiger partial charge is 0.252 e. The van der Waals surface area contributed by atoms with E-state index < -0.39 is 11.5 Å². The lowest BCUT2D eigenvalue weighted by Crippen LogP contribution is -2.55. The maximum atomic E-state index is 13.2. The molecule has 160 valence electrons. The SMILES string of the molecule is CCC(=O)Nc1ccc(C(=O)NC(C(=O)N(C)C2CCCC2)C(C)(C)C)cc1Cl. The summed E-state index contributed by atoms with van der Waals surface area (Å²) in [5, 5.41) is 5.87. The summed E-state index contributed by atoms with van der Waals surface area (Å²) in [6.45, 7) is 7.56. The lowest BCUT2D eigenvalue weighted by molar-refractivity contribution is -0.136. The van der Waals surface area contributed by atoms with Gasteiger partial charge in [-0.1, -0.05) is 52.1 Å². The van der Waals surface area contributed by atoms with E-state index in [1.54, 1.807) is 24.0 Å². The summed E-state index contributed by atoms with van der Waals surface area (Å²) in [4.78, 5) is 39.4. The van der Waals surface area contributed by atoms with Crippen LogP contribution in [-0.4, -0.2) is 41.8 Å². The van der Waals surface area contributed by atoms with Gasteiger partial charge in [0.05, 0.1) is 10.7 Å². The number of likely N-dealkylation sites (N-methyl/N-ethyl adjacent to an activating group) is 1. The van der Waals surface area contributed by atoms with E-state index >= 15 is 0 Å². The molecule has 1 aliphatic carbocycles. The Kier molecular flexibility index (Phi) is 7.69. The van der Waals surface area contributed by atoms with Crippen LogP contribution in [0.2, 0.25) is 5.02 Å². The number of hydrogen-bond donors (Lipinski definition) is 2. The first-order valence-electron chi connectivity index (χ1n) is 10.2. The van der Waals surface area contributed by atoms with E-state index in [9.17, 15) is 14.4 Å². The highest BCUT2D eigenvalue weighted by atomic mass is 35.5. The van der Waals surface area contributed by atoms with Gasteiger partial charge in [-0.3, -0.25) is 14.4 Å². The second kappa shape index (κ2) is 9.61. The third-order valence-corrected chi connectivity index (χ3v) is 5.75. The lowest BCUT2D eigenvalue weighted by Gasteiger charge is -2.35. The van der Waals surface area contributed by atoms with Crippen molar-refractivity contribution in [1.82, 2.24) is 10.2 Å². The molecule has 1 aromatic rings. The zero-order chi connectivity index (χ0) is 21.8. The molecule has 0 heterocycles. The predicted molar refractivity (Wildman–Crippen MR) is 116 cm³/mol. The molecular formula is C22H32ClN3O3. The van der Waals surface area contributed by atoms with Crippen LogP contribution in [0.4, 0.5) is 5.69 Å². The fourth-order valence-corrected chi connectivity index (χ4v) is 3.76. The van der Waals surface area contributed by atoms with Crippen molar-refractivity contribution in [3.05, 3.63) is 28.8 Å². The summed E-state index contributed by atoms with van der Waals surface area (Å²) in [6.07, 6.45) is 4.62. The predicted octanol–water partition coefficient (Wildman–Crippen LogP) is 4.23. The standard InChI is InChI=1S/C22H32ClN3O3/c1-6-18(27)24-17-12-11-14(13-16(17)23)20(28)25-19(22(2,3)4)21(29)26(5)15-9-7-8-10-15/h11-13,15,19H,6-10H2,1-5H3,(H,24,27)(H,25,28). The van der Waals surface area contributed by atoms with Crippen molar-refractivity contribution in [3.63, 3.8) is 0 Å². The molecule has 1 saturated carbocycles. The zero-order valence-corrected chi connectivity index (χ0v) is 18.7. The van der Waals surface area contributed by atoms with Gasteiger partial charge in [-0.2, -0.15) is 0 Å². The molecule has 0 radical (unpaired) electrons. The molecule has 0 spiro atoms. The summed E-state index contributed by atoms with van der Waals surface area (Å²) in [5.74, 6) is -0.596. The van der Waals surface area contributed by atoms with Gasteiger partial charge in [-0.15, -0.1) is 0 Å². The minimum absolute atomic E-state index is 0.0734. The fourth-order valence-electron chi connectivity index (χ4n) is 3.53. The van der Waals surface area contributed by atoms with Crippen molar-refractivity contribution in [2.24, 2.45) is 5.41 Å². The van der Waals surface area contributed by atoms with E-state index in [2.05, 4.69) is 10.6 Å². The Labute approximate surface area is 178 Å². The largest absolute Gasteiger partial charge is 0.341 e. The highest BCUT2D eigenvalue weighted by molar-refractivity contribution is 6.34. The van der Waals surface area contributed by atoms with E-state index in [1.165, 1.54) is 6.07 Å². The molecule has 1 aliphatic rings. The van der Waals surface area contributed by atoms with Gasteiger partial charge in [0.25, 0.3) is 5.91 Å². The summed E-state index contributed by atoms with van der Waals surface area (Å²) >= 11 is 6.23. The first-order chi connectivity index (χ1) is 13.5. The second-order valence-electron chi connectivity index (χ2n) is 8.76. The number of carbonyl (C=O) groups excluding carboxylic acids is 3. The van der Waals surface area contributed by atoms with Crippen LogP contribution in [-0.2, 0) is 9.59 Å². The molecule has 2 N–H and O–H groups in total. The van der Waals surface area contributed by atoms with Crippen molar-refractivity contribution < 1.29 is 14.4 Å². The monoisotopic (exact) mass is 421 g/mol. The Balaban J connectivity index is 2.16. The number of rotatable bonds is 6. The lowest BCUT2D eigenvalue weighted by atomic mass is 9.85. The van der Waals surface area contributed by atoms with Gasteiger partial charge >= 0.3 is 0 Å². The van der Waals surface area contributed by atoms with Gasteiger partial charge in [-0.25, -0.2) is 0 Å². The topological polar surface area (TPSA) is 78.5 Å². The van der Waals surface area contributed by atoms with Gasteiger partial charge < -0.3 is 15.5 Å². The van der Waals surface area contributed by atoms with Crippen LogP contribution >= 0.6 is 11.6 Å². The van der Waals surface area contributed by atoms with E-state index in [1.807, 2.05) is 27.8 Å². The van der Waals surface area contributed by atoms with Crippen molar-refractivity contribution in [1.29, 1.82) is 0 Å². The Hall–Kier alpha value is -2.08. The van der Waals surface area contributed by atoms with Gasteiger partial charge in [0.1, 0.15) is 6.04 Å². The van der Waals surface area contributed by atoms with Crippen LogP contribution < -0.4 is 10.6 Å². The highest BCUT2D eigenvalue weighted by Crippen LogP contribution is 2.28. The zero-order valence-electron chi connectivity index (χ0n) is 18.0. The third-order valence-electron chi connectivity index (χ3n) is 5.43. The minimum atomic E-state index is -0.654. The molecule has 0 aliphatic heterocycles. The fraction of sp³-hybridized carbons (Fsp3) is 0.591. The first kappa shape index (κ1) is 23.2. The Bertz CT molecular complexity index is 767. The van der Waals surface area contributed by atoms with E-state index in [4.69, 9.17) is 11.6 Å².